The maximum atomic E-state index is 12.7. The number of carbonyl (C=O) groups is 1. The van der Waals surface area contributed by atoms with Crippen LogP contribution in [0.5, 0.6) is 0 Å². The van der Waals surface area contributed by atoms with E-state index in [-0.39, 0.29) is 48.7 Å². The fourth-order valence-electron chi connectivity index (χ4n) is 5.13. The fourth-order valence-corrected chi connectivity index (χ4v) is 5.13. The lowest BCUT2D eigenvalue weighted by molar-refractivity contribution is -0.127. The van der Waals surface area contributed by atoms with E-state index in [1.54, 1.807) is 0 Å². The van der Waals surface area contributed by atoms with Crippen molar-refractivity contribution in [3.63, 3.8) is 0 Å². The Bertz CT molecular complexity index is 643. The molecule has 4 unspecified atom stereocenters. The average molecular weight is 416 g/mol. The Balaban J connectivity index is 0.00000131. The Labute approximate surface area is 173 Å². The zero-order valence-electron chi connectivity index (χ0n) is 16.1. The molecule has 8 heteroatoms. The molecular formula is C19H31Cl2N5O. The van der Waals surface area contributed by atoms with Crippen LogP contribution in [0.15, 0.2) is 6.07 Å². The highest BCUT2D eigenvalue weighted by atomic mass is 35.5. The molecule has 2 bridgehead atoms. The molecule has 4 rings (SSSR count). The third-order valence-corrected chi connectivity index (χ3v) is 6.40. The van der Waals surface area contributed by atoms with Gasteiger partial charge in [0.25, 0.3) is 0 Å². The van der Waals surface area contributed by atoms with Gasteiger partial charge >= 0.3 is 0 Å². The van der Waals surface area contributed by atoms with Crippen molar-refractivity contribution in [2.24, 2.45) is 23.5 Å². The molecule has 1 aliphatic heterocycles. The average Bonchev–Trinajstić information content (AvgIpc) is 3.15. The van der Waals surface area contributed by atoms with E-state index < -0.39 is 0 Å². The van der Waals surface area contributed by atoms with Crippen molar-refractivity contribution in [3.8, 4) is 0 Å². The highest BCUT2D eigenvalue weighted by Crippen LogP contribution is 2.47. The van der Waals surface area contributed by atoms with Gasteiger partial charge in [-0.2, -0.15) is 0 Å². The first kappa shape index (κ1) is 22.2. The Hall–Kier alpha value is -1.11. The molecular weight excluding hydrogens is 385 g/mol. The van der Waals surface area contributed by atoms with Crippen molar-refractivity contribution >= 4 is 36.5 Å². The van der Waals surface area contributed by atoms with Gasteiger partial charge in [-0.1, -0.05) is 0 Å². The van der Waals surface area contributed by atoms with E-state index in [2.05, 4.69) is 20.2 Å². The standard InChI is InChI=1S/C19H29N5O.2ClH/c1-11-9-16(22-12(2)21-11)24-7-5-15(6-8-24)23-19(25)17-13-3-4-14(10-13)18(17)20;;/h9,13-15,17-18H,3-8,10,20H2,1-2H3,(H,23,25);2*1H. The van der Waals surface area contributed by atoms with E-state index in [0.717, 1.165) is 49.7 Å². The van der Waals surface area contributed by atoms with Gasteiger partial charge in [0.1, 0.15) is 11.6 Å². The Morgan fingerprint density at radius 3 is 2.37 bits per heavy atom. The second-order valence-electron chi connectivity index (χ2n) is 8.12. The molecule has 2 saturated carbocycles. The number of piperidine rings is 1. The molecule has 0 radical (unpaired) electrons. The monoisotopic (exact) mass is 415 g/mol. The first-order valence-electron chi connectivity index (χ1n) is 9.64. The SMILES string of the molecule is Cc1cc(N2CCC(NC(=O)C3C4CCC(C4)C3N)CC2)nc(C)n1.Cl.Cl. The molecule has 1 saturated heterocycles. The van der Waals surface area contributed by atoms with Gasteiger partial charge in [0.2, 0.25) is 5.91 Å². The molecule has 1 amide bonds. The van der Waals surface area contributed by atoms with Gasteiger partial charge in [-0.05, 0) is 57.8 Å². The van der Waals surface area contributed by atoms with Crippen LogP contribution in [0.2, 0.25) is 0 Å². The zero-order chi connectivity index (χ0) is 17.6. The summed E-state index contributed by atoms with van der Waals surface area (Å²) in [4.78, 5) is 23.9. The van der Waals surface area contributed by atoms with Gasteiger partial charge in [0, 0.05) is 36.9 Å². The quantitative estimate of drug-likeness (QED) is 0.791. The van der Waals surface area contributed by atoms with Gasteiger partial charge < -0.3 is 16.0 Å². The predicted molar refractivity (Wildman–Crippen MR) is 112 cm³/mol. The van der Waals surface area contributed by atoms with Crippen LogP contribution < -0.4 is 16.0 Å². The van der Waals surface area contributed by atoms with E-state index in [1.165, 1.54) is 12.8 Å². The Morgan fingerprint density at radius 2 is 1.78 bits per heavy atom. The van der Waals surface area contributed by atoms with E-state index >= 15 is 0 Å². The Kier molecular flexibility index (Phi) is 7.33. The lowest BCUT2D eigenvalue weighted by Gasteiger charge is -2.35. The number of hydrogen-bond donors (Lipinski definition) is 2. The largest absolute Gasteiger partial charge is 0.356 e. The number of aryl methyl sites for hydroxylation is 2. The number of nitrogens with one attached hydrogen (secondary N) is 1. The number of nitrogens with zero attached hydrogens (tertiary/aromatic N) is 3. The third kappa shape index (κ3) is 4.49. The minimum Gasteiger partial charge on any atom is -0.356 e. The summed E-state index contributed by atoms with van der Waals surface area (Å²) in [6, 6.07) is 2.38. The number of hydrogen-bond acceptors (Lipinski definition) is 5. The maximum Gasteiger partial charge on any atom is 0.225 e. The molecule has 2 heterocycles. The summed E-state index contributed by atoms with van der Waals surface area (Å²) in [5.74, 6) is 3.16. The van der Waals surface area contributed by atoms with Crippen LogP contribution in [0.4, 0.5) is 5.82 Å². The van der Waals surface area contributed by atoms with Gasteiger partial charge in [0.15, 0.2) is 0 Å². The van der Waals surface area contributed by atoms with Crippen molar-refractivity contribution < 1.29 is 4.79 Å². The van der Waals surface area contributed by atoms with Crippen LogP contribution >= 0.6 is 24.8 Å². The molecule has 1 aromatic rings. The molecule has 152 valence electrons. The third-order valence-electron chi connectivity index (χ3n) is 6.40. The first-order chi connectivity index (χ1) is 12.0. The topological polar surface area (TPSA) is 84.1 Å². The minimum absolute atomic E-state index is 0. The minimum atomic E-state index is 0. The Morgan fingerprint density at radius 1 is 1.11 bits per heavy atom. The van der Waals surface area contributed by atoms with Crippen LogP contribution in [0.1, 0.15) is 43.6 Å². The normalized spacial score (nSPS) is 29.8. The summed E-state index contributed by atoms with van der Waals surface area (Å²) in [6.45, 7) is 5.78. The van der Waals surface area contributed by atoms with Crippen molar-refractivity contribution in [2.45, 2.75) is 58.0 Å². The lowest BCUT2D eigenvalue weighted by atomic mass is 9.84. The summed E-state index contributed by atoms with van der Waals surface area (Å²) in [5.41, 5.74) is 7.32. The van der Waals surface area contributed by atoms with Gasteiger partial charge in [0.05, 0.1) is 5.92 Å². The predicted octanol–water partition coefficient (Wildman–Crippen LogP) is 2.40. The molecule has 0 aromatic carbocycles. The van der Waals surface area contributed by atoms with Gasteiger partial charge in [-0.25, -0.2) is 9.97 Å². The molecule has 0 spiro atoms. The molecule has 6 nitrogen and oxygen atoms in total. The summed E-state index contributed by atoms with van der Waals surface area (Å²) < 4.78 is 0. The van der Waals surface area contributed by atoms with Crippen LogP contribution in [-0.4, -0.2) is 41.0 Å². The number of fused-ring (bicyclic) bond motifs is 2. The highest BCUT2D eigenvalue weighted by molar-refractivity contribution is 5.85. The van der Waals surface area contributed by atoms with Crippen LogP contribution in [-0.2, 0) is 4.79 Å². The first-order valence-corrected chi connectivity index (χ1v) is 9.64. The van der Waals surface area contributed by atoms with Crippen LogP contribution in [0, 0.1) is 31.6 Å². The molecule has 2 aliphatic carbocycles. The summed E-state index contributed by atoms with van der Waals surface area (Å²) >= 11 is 0. The summed E-state index contributed by atoms with van der Waals surface area (Å²) in [5, 5.41) is 3.29. The summed E-state index contributed by atoms with van der Waals surface area (Å²) in [6.07, 6.45) is 5.48. The number of nitrogens with two attached hydrogens (primary N) is 1. The van der Waals surface area contributed by atoms with Gasteiger partial charge in [-0.15, -0.1) is 24.8 Å². The zero-order valence-corrected chi connectivity index (χ0v) is 17.7. The van der Waals surface area contributed by atoms with Crippen LogP contribution in [0.3, 0.4) is 0 Å². The smallest absolute Gasteiger partial charge is 0.225 e. The van der Waals surface area contributed by atoms with Crippen LogP contribution in [0.25, 0.3) is 0 Å². The molecule has 4 atom stereocenters. The fraction of sp³-hybridized carbons (Fsp3) is 0.737. The molecule has 3 N–H and O–H groups in total. The summed E-state index contributed by atoms with van der Waals surface area (Å²) in [7, 11) is 0. The number of carbonyl (C=O) groups excluding carboxylic acids is 1. The van der Waals surface area contributed by atoms with E-state index in [0.29, 0.717) is 11.8 Å². The van der Waals surface area contributed by atoms with Crippen molar-refractivity contribution in [1.29, 1.82) is 0 Å². The van der Waals surface area contributed by atoms with Gasteiger partial charge in [-0.3, -0.25) is 4.79 Å². The van der Waals surface area contributed by atoms with Crippen molar-refractivity contribution in [2.75, 3.05) is 18.0 Å². The number of amides is 1. The molecule has 3 fully saturated rings. The number of anilines is 1. The second kappa shape index (κ2) is 8.93. The maximum absolute atomic E-state index is 12.7. The number of halogens is 2. The van der Waals surface area contributed by atoms with E-state index in [1.807, 2.05) is 19.9 Å². The highest BCUT2D eigenvalue weighted by Gasteiger charge is 2.49. The molecule has 1 aromatic heterocycles. The van der Waals surface area contributed by atoms with Crippen molar-refractivity contribution in [1.82, 2.24) is 15.3 Å². The molecule has 3 aliphatic rings. The van der Waals surface area contributed by atoms with Crippen molar-refractivity contribution in [3.05, 3.63) is 17.6 Å². The molecule has 27 heavy (non-hydrogen) atoms. The van der Waals surface area contributed by atoms with E-state index in [4.69, 9.17) is 5.73 Å². The second-order valence-corrected chi connectivity index (χ2v) is 8.12. The van der Waals surface area contributed by atoms with E-state index in [9.17, 15) is 4.79 Å². The lowest BCUT2D eigenvalue weighted by Crippen LogP contribution is -2.51. The number of rotatable bonds is 3. The number of aromatic nitrogens is 2.